The van der Waals surface area contributed by atoms with E-state index in [4.69, 9.17) is 0 Å². The Morgan fingerprint density at radius 3 is 2.69 bits per heavy atom. The molecular weight excluding hydrogens is 264 g/mol. The predicted octanol–water partition coefficient (Wildman–Crippen LogP) is 4.06. The molecule has 0 amide bonds. The van der Waals surface area contributed by atoms with Crippen LogP contribution in [0.1, 0.15) is 31.7 Å². The minimum Gasteiger partial charge on any atom is -0.295 e. The van der Waals surface area contributed by atoms with Gasteiger partial charge >= 0.3 is 0 Å². The number of ketones is 1. The summed E-state index contributed by atoms with van der Waals surface area (Å²) < 4.78 is 1.09. The van der Waals surface area contributed by atoms with Crippen molar-refractivity contribution in [2.24, 2.45) is 0 Å². The van der Waals surface area contributed by atoms with Crippen LogP contribution in [-0.4, -0.2) is 5.78 Å². The lowest BCUT2D eigenvalue weighted by atomic mass is 9.88. The number of hydrogen-bond acceptors (Lipinski definition) is 1. The first kappa shape index (κ1) is 11.6. The number of carbonyl (C=O) groups is 1. The molecule has 1 aromatic rings. The van der Waals surface area contributed by atoms with E-state index in [1.165, 1.54) is 11.1 Å². The molecule has 0 fully saturated rings. The summed E-state index contributed by atoms with van der Waals surface area (Å²) in [5.74, 6) is 0.333. The highest BCUT2D eigenvalue weighted by Crippen LogP contribution is 2.27. The molecule has 1 aliphatic carbocycles. The zero-order valence-corrected chi connectivity index (χ0v) is 11.0. The van der Waals surface area contributed by atoms with Gasteiger partial charge in [-0.25, -0.2) is 0 Å². The molecule has 0 N–H and O–H groups in total. The van der Waals surface area contributed by atoms with Crippen molar-refractivity contribution in [3.8, 4) is 0 Å². The van der Waals surface area contributed by atoms with Crippen LogP contribution in [0.25, 0.3) is 0 Å². The second-order valence-electron chi connectivity index (χ2n) is 4.30. The first-order valence-corrected chi connectivity index (χ1v) is 6.43. The van der Waals surface area contributed by atoms with Crippen molar-refractivity contribution in [3.05, 3.63) is 45.4 Å². The Balaban J connectivity index is 2.27. The van der Waals surface area contributed by atoms with Gasteiger partial charge in [-0.2, -0.15) is 0 Å². The van der Waals surface area contributed by atoms with Gasteiger partial charge in [0.05, 0.1) is 0 Å². The summed E-state index contributed by atoms with van der Waals surface area (Å²) in [7, 11) is 0. The van der Waals surface area contributed by atoms with Gasteiger partial charge in [-0.05, 0) is 37.0 Å². The van der Waals surface area contributed by atoms with Gasteiger partial charge < -0.3 is 0 Å². The van der Waals surface area contributed by atoms with E-state index >= 15 is 0 Å². The Kier molecular flexibility index (Phi) is 3.59. The topological polar surface area (TPSA) is 17.1 Å². The van der Waals surface area contributed by atoms with Gasteiger partial charge in [0, 0.05) is 17.3 Å². The van der Waals surface area contributed by atoms with Crippen LogP contribution in [0.15, 0.2) is 39.9 Å². The van der Waals surface area contributed by atoms with Gasteiger partial charge in [0.1, 0.15) is 0 Å². The van der Waals surface area contributed by atoms with Crippen molar-refractivity contribution >= 4 is 21.7 Å². The van der Waals surface area contributed by atoms with Gasteiger partial charge in [-0.15, -0.1) is 0 Å². The summed E-state index contributed by atoms with van der Waals surface area (Å²) in [4.78, 5) is 11.8. The zero-order valence-electron chi connectivity index (χ0n) is 9.42. The van der Waals surface area contributed by atoms with E-state index in [0.29, 0.717) is 5.78 Å². The van der Waals surface area contributed by atoms with Crippen LogP contribution in [0, 0.1) is 0 Å². The molecule has 1 aromatic carbocycles. The fourth-order valence-corrected chi connectivity index (χ4v) is 2.56. The first-order chi connectivity index (χ1) is 7.68. The normalized spacial score (nSPS) is 16.8. The SMILES string of the molecule is CC1=C(Cc2ccccc2Br)C(=O)CCC1. The molecule has 0 saturated carbocycles. The molecule has 0 aromatic heterocycles. The Labute approximate surface area is 105 Å². The molecule has 2 heteroatoms. The molecule has 0 atom stereocenters. The van der Waals surface area contributed by atoms with E-state index in [0.717, 1.165) is 35.7 Å². The Bertz CT molecular complexity index is 446. The van der Waals surface area contributed by atoms with E-state index in [2.05, 4.69) is 28.9 Å². The smallest absolute Gasteiger partial charge is 0.159 e. The number of benzene rings is 1. The van der Waals surface area contributed by atoms with E-state index < -0.39 is 0 Å². The molecule has 16 heavy (non-hydrogen) atoms. The van der Waals surface area contributed by atoms with Crippen LogP contribution in [0.3, 0.4) is 0 Å². The van der Waals surface area contributed by atoms with Gasteiger partial charge in [0.2, 0.25) is 0 Å². The highest BCUT2D eigenvalue weighted by atomic mass is 79.9. The lowest BCUT2D eigenvalue weighted by molar-refractivity contribution is -0.116. The summed E-state index contributed by atoms with van der Waals surface area (Å²) in [6.07, 6.45) is 3.58. The molecule has 84 valence electrons. The highest BCUT2D eigenvalue weighted by Gasteiger charge is 2.18. The van der Waals surface area contributed by atoms with Crippen molar-refractivity contribution in [1.82, 2.24) is 0 Å². The summed E-state index contributed by atoms with van der Waals surface area (Å²) in [6, 6.07) is 8.12. The fraction of sp³-hybridized carbons (Fsp3) is 0.357. The molecule has 0 heterocycles. The van der Waals surface area contributed by atoms with Crippen LogP contribution in [-0.2, 0) is 11.2 Å². The summed E-state index contributed by atoms with van der Waals surface area (Å²) in [6.45, 7) is 2.09. The molecular formula is C14H15BrO. The number of rotatable bonds is 2. The van der Waals surface area contributed by atoms with Crippen molar-refractivity contribution < 1.29 is 4.79 Å². The number of halogens is 1. The van der Waals surface area contributed by atoms with E-state index in [1.807, 2.05) is 18.2 Å². The molecule has 0 aliphatic heterocycles. The second kappa shape index (κ2) is 4.96. The average Bonchev–Trinajstić information content (AvgIpc) is 2.26. The van der Waals surface area contributed by atoms with E-state index in [1.54, 1.807) is 0 Å². The summed E-state index contributed by atoms with van der Waals surface area (Å²) >= 11 is 3.53. The number of hydrogen-bond donors (Lipinski definition) is 0. The van der Waals surface area contributed by atoms with Crippen molar-refractivity contribution in [1.29, 1.82) is 0 Å². The van der Waals surface area contributed by atoms with Crippen molar-refractivity contribution in [3.63, 3.8) is 0 Å². The highest BCUT2D eigenvalue weighted by molar-refractivity contribution is 9.10. The van der Waals surface area contributed by atoms with Gasteiger partial charge in [0.25, 0.3) is 0 Å². The van der Waals surface area contributed by atoms with Gasteiger partial charge in [0.15, 0.2) is 5.78 Å². The van der Waals surface area contributed by atoms with Crippen LogP contribution >= 0.6 is 15.9 Å². The summed E-state index contributed by atoms with van der Waals surface area (Å²) in [5, 5.41) is 0. The third-order valence-corrected chi connectivity index (χ3v) is 3.91. The van der Waals surface area contributed by atoms with Gasteiger partial charge in [-0.3, -0.25) is 4.79 Å². The summed E-state index contributed by atoms with van der Waals surface area (Å²) in [5.41, 5.74) is 3.50. The largest absolute Gasteiger partial charge is 0.295 e. The maximum atomic E-state index is 11.8. The zero-order chi connectivity index (χ0) is 11.5. The van der Waals surface area contributed by atoms with Crippen LogP contribution < -0.4 is 0 Å². The molecule has 1 nitrogen and oxygen atoms in total. The molecule has 2 rings (SSSR count). The Morgan fingerprint density at radius 1 is 1.25 bits per heavy atom. The standard InChI is InChI=1S/C14H15BrO/c1-10-5-4-8-14(16)12(10)9-11-6-2-3-7-13(11)15/h2-3,6-7H,4-5,8-9H2,1H3. The lowest BCUT2D eigenvalue weighted by Crippen LogP contribution is -2.12. The first-order valence-electron chi connectivity index (χ1n) is 5.63. The molecule has 1 aliphatic rings. The maximum Gasteiger partial charge on any atom is 0.159 e. The van der Waals surface area contributed by atoms with Crippen molar-refractivity contribution in [2.75, 3.05) is 0 Å². The minimum absolute atomic E-state index is 0.333. The van der Waals surface area contributed by atoms with Gasteiger partial charge in [-0.1, -0.05) is 39.7 Å². The minimum atomic E-state index is 0.333. The lowest BCUT2D eigenvalue weighted by Gasteiger charge is -2.17. The molecule has 0 unspecified atom stereocenters. The van der Waals surface area contributed by atoms with Crippen LogP contribution in [0.4, 0.5) is 0 Å². The third kappa shape index (κ3) is 2.43. The Hall–Kier alpha value is -0.890. The third-order valence-electron chi connectivity index (χ3n) is 3.13. The molecule has 0 radical (unpaired) electrons. The maximum absolute atomic E-state index is 11.8. The van der Waals surface area contributed by atoms with E-state index in [-0.39, 0.29) is 0 Å². The molecule has 0 spiro atoms. The number of carbonyl (C=O) groups excluding carboxylic acids is 1. The predicted molar refractivity (Wildman–Crippen MR) is 69.4 cm³/mol. The van der Waals surface area contributed by atoms with Crippen LogP contribution in [0.2, 0.25) is 0 Å². The van der Waals surface area contributed by atoms with E-state index in [9.17, 15) is 4.79 Å². The monoisotopic (exact) mass is 278 g/mol. The van der Waals surface area contributed by atoms with Crippen molar-refractivity contribution in [2.45, 2.75) is 32.6 Å². The molecule has 0 bridgehead atoms. The number of Topliss-reactive ketones (excluding diaryl/α,β-unsaturated/α-hetero) is 1. The second-order valence-corrected chi connectivity index (χ2v) is 5.16. The van der Waals surface area contributed by atoms with Crippen LogP contribution in [0.5, 0.6) is 0 Å². The fourth-order valence-electron chi connectivity index (χ4n) is 2.14. The molecule has 0 saturated heterocycles. The Morgan fingerprint density at radius 2 is 2.00 bits per heavy atom. The average molecular weight is 279 g/mol. The number of allylic oxidation sites excluding steroid dienone is 2. The quantitative estimate of drug-likeness (QED) is 0.797.